The van der Waals surface area contributed by atoms with Gasteiger partial charge < -0.3 is 19.5 Å². The standard InChI is InChI=1S/C33H42ClNO4/c1-6-8-29(36)32(5)16-14-24(32)19-35-20-33(15-7-9-22-17-25(34)11-12-26(22)33)21-38-28-13-10-23(18-27(28)35)30(37)39-31(2,3)4/h6,10-13,17-18,24,29,36H,1,7-9,14-16,19-21H2,2-5H3/t24-,29-,32-,33-/m0/s1. The molecule has 2 aromatic rings. The molecule has 0 aromatic heterocycles. The quantitative estimate of drug-likeness (QED) is 0.306. The number of carbonyl (C=O) groups is 1. The molecule has 1 fully saturated rings. The van der Waals surface area contributed by atoms with Crippen molar-refractivity contribution in [2.45, 2.75) is 83.3 Å². The molecule has 5 nitrogen and oxygen atoms in total. The molecule has 1 spiro atoms. The van der Waals surface area contributed by atoms with Crippen molar-refractivity contribution in [1.29, 1.82) is 0 Å². The number of esters is 1. The van der Waals surface area contributed by atoms with Crippen molar-refractivity contribution < 1.29 is 19.4 Å². The number of nitrogens with zero attached hydrogens (tertiary/aromatic N) is 1. The van der Waals surface area contributed by atoms with E-state index in [-0.39, 0.29) is 16.8 Å². The van der Waals surface area contributed by atoms with Gasteiger partial charge in [-0.2, -0.15) is 0 Å². The topological polar surface area (TPSA) is 59.0 Å². The van der Waals surface area contributed by atoms with Crippen molar-refractivity contribution >= 4 is 23.3 Å². The number of halogens is 1. The van der Waals surface area contributed by atoms with Crippen LogP contribution in [0.2, 0.25) is 5.02 Å². The van der Waals surface area contributed by atoms with Crippen molar-refractivity contribution in [1.82, 2.24) is 0 Å². The van der Waals surface area contributed by atoms with Crippen molar-refractivity contribution in [3.8, 4) is 5.75 Å². The average molecular weight is 552 g/mol. The predicted molar refractivity (Wildman–Crippen MR) is 157 cm³/mol. The lowest BCUT2D eigenvalue weighted by molar-refractivity contribution is -0.0695. The minimum absolute atomic E-state index is 0.171. The summed E-state index contributed by atoms with van der Waals surface area (Å²) in [6, 6.07) is 11.9. The van der Waals surface area contributed by atoms with Crippen LogP contribution in [0.15, 0.2) is 49.1 Å². The van der Waals surface area contributed by atoms with Crippen LogP contribution in [0.5, 0.6) is 5.75 Å². The van der Waals surface area contributed by atoms with E-state index in [1.165, 1.54) is 11.1 Å². The molecule has 210 valence electrons. The highest BCUT2D eigenvalue weighted by Crippen LogP contribution is 2.52. The SMILES string of the molecule is C=CC[C@H](O)[C@@]1(C)CC[C@H]1CN1C[C@@]2(CCCc3cc(Cl)ccc32)COc2ccc(C(=O)OC(C)(C)C)cc21. The first-order valence-electron chi connectivity index (χ1n) is 14.3. The molecule has 6 heteroatoms. The number of benzene rings is 2. The maximum absolute atomic E-state index is 13.0. The zero-order chi connectivity index (χ0) is 28.0. The Labute approximate surface area is 238 Å². The van der Waals surface area contributed by atoms with Gasteiger partial charge in [0.25, 0.3) is 0 Å². The number of aliphatic hydroxyl groups is 1. The molecule has 1 N–H and O–H groups in total. The number of aliphatic hydroxyl groups excluding tert-OH is 1. The van der Waals surface area contributed by atoms with E-state index in [2.05, 4.69) is 30.5 Å². The second-order valence-corrected chi connectivity index (χ2v) is 13.5. The second-order valence-electron chi connectivity index (χ2n) is 13.1. The molecule has 2 aromatic carbocycles. The zero-order valence-electron chi connectivity index (χ0n) is 23.8. The third-order valence-electron chi connectivity index (χ3n) is 9.23. The molecule has 1 heterocycles. The van der Waals surface area contributed by atoms with E-state index in [0.29, 0.717) is 24.5 Å². The number of hydrogen-bond acceptors (Lipinski definition) is 5. The van der Waals surface area contributed by atoms with Crippen LogP contribution in [0.3, 0.4) is 0 Å². The van der Waals surface area contributed by atoms with Gasteiger partial charge in [-0.05, 0) is 112 Å². The summed E-state index contributed by atoms with van der Waals surface area (Å²) >= 11 is 6.40. The fourth-order valence-corrected chi connectivity index (χ4v) is 7.01. The molecular weight excluding hydrogens is 510 g/mol. The Morgan fingerprint density at radius 3 is 2.77 bits per heavy atom. The first-order valence-corrected chi connectivity index (χ1v) is 14.6. The highest BCUT2D eigenvalue weighted by molar-refractivity contribution is 6.30. The first-order chi connectivity index (χ1) is 18.4. The number of anilines is 1. The van der Waals surface area contributed by atoms with Crippen LogP contribution in [0.25, 0.3) is 0 Å². The highest BCUT2D eigenvalue weighted by Gasteiger charge is 2.49. The van der Waals surface area contributed by atoms with Crippen LogP contribution in [0.4, 0.5) is 5.69 Å². The summed E-state index contributed by atoms with van der Waals surface area (Å²) in [5.41, 5.74) is 3.11. The van der Waals surface area contributed by atoms with Gasteiger partial charge in [0.05, 0.1) is 24.0 Å². The number of ether oxygens (including phenoxy) is 2. The number of carbonyl (C=O) groups excluding carboxylic acids is 1. The summed E-state index contributed by atoms with van der Waals surface area (Å²) in [7, 11) is 0. The van der Waals surface area contributed by atoms with Crippen molar-refractivity contribution in [2.24, 2.45) is 11.3 Å². The van der Waals surface area contributed by atoms with Gasteiger partial charge in [0.1, 0.15) is 11.4 Å². The highest BCUT2D eigenvalue weighted by atomic mass is 35.5. The van der Waals surface area contributed by atoms with Crippen LogP contribution in [-0.4, -0.2) is 42.5 Å². The van der Waals surface area contributed by atoms with Crippen molar-refractivity contribution in [3.05, 3.63) is 70.8 Å². The van der Waals surface area contributed by atoms with E-state index in [1.54, 1.807) is 6.07 Å². The van der Waals surface area contributed by atoms with E-state index in [9.17, 15) is 9.90 Å². The summed E-state index contributed by atoms with van der Waals surface area (Å²) in [5.74, 6) is 0.763. The van der Waals surface area contributed by atoms with E-state index in [0.717, 1.165) is 61.7 Å². The van der Waals surface area contributed by atoms with E-state index >= 15 is 0 Å². The van der Waals surface area contributed by atoms with E-state index in [1.807, 2.05) is 45.0 Å². The summed E-state index contributed by atoms with van der Waals surface area (Å²) < 4.78 is 12.3. The summed E-state index contributed by atoms with van der Waals surface area (Å²) in [4.78, 5) is 15.5. The molecule has 39 heavy (non-hydrogen) atoms. The molecule has 4 atom stereocenters. The summed E-state index contributed by atoms with van der Waals surface area (Å²) in [6.07, 6.45) is 7.14. The van der Waals surface area contributed by atoms with Crippen LogP contribution >= 0.6 is 11.6 Å². The molecule has 5 rings (SSSR count). The maximum Gasteiger partial charge on any atom is 0.338 e. The molecule has 0 radical (unpaired) electrons. The largest absolute Gasteiger partial charge is 0.490 e. The molecule has 2 aliphatic carbocycles. The Morgan fingerprint density at radius 1 is 1.28 bits per heavy atom. The lowest BCUT2D eigenvalue weighted by atomic mass is 9.57. The average Bonchev–Trinajstić information content (AvgIpc) is 3.02. The predicted octanol–water partition coefficient (Wildman–Crippen LogP) is 7.12. The van der Waals surface area contributed by atoms with Gasteiger partial charge >= 0.3 is 5.97 Å². The van der Waals surface area contributed by atoms with Crippen molar-refractivity contribution in [2.75, 3.05) is 24.6 Å². The molecule has 1 saturated carbocycles. The monoisotopic (exact) mass is 551 g/mol. The Morgan fingerprint density at radius 2 is 2.08 bits per heavy atom. The van der Waals surface area contributed by atoms with Gasteiger partial charge in [0.2, 0.25) is 0 Å². The number of fused-ring (bicyclic) bond motifs is 3. The van der Waals surface area contributed by atoms with E-state index in [4.69, 9.17) is 21.1 Å². The zero-order valence-corrected chi connectivity index (χ0v) is 24.5. The fourth-order valence-electron chi connectivity index (χ4n) is 6.81. The molecule has 0 unspecified atom stereocenters. The maximum atomic E-state index is 13.0. The van der Waals surface area contributed by atoms with Gasteiger partial charge in [-0.15, -0.1) is 6.58 Å². The normalized spacial score (nSPS) is 26.9. The molecule has 1 aliphatic heterocycles. The fraction of sp³-hybridized carbons (Fsp3) is 0.545. The molecule has 0 saturated heterocycles. The van der Waals surface area contributed by atoms with Gasteiger partial charge in [0, 0.05) is 23.5 Å². The van der Waals surface area contributed by atoms with Crippen LogP contribution < -0.4 is 9.64 Å². The number of aryl methyl sites for hydroxylation is 1. The first kappa shape index (κ1) is 28.0. The lowest BCUT2D eigenvalue weighted by Gasteiger charge is -2.52. The van der Waals surface area contributed by atoms with E-state index < -0.39 is 11.7 Å². The van der Waals surface area contributed by atoms with Crippen LogP contribution in [0.1, 0.15) is 81.3 Å². The van der Waals surface area contributed by atoms with Gasteiger partial charge in [-0.3, -0.25) is 0 Å². The molecule has 0 amide bonds. The number of rotatable bonds is 6. The van der Waals surface area contributed by atoms with Crippen molar-refractivity contribution in [3.63, 3.8) is 0 Å². The van der Waals surface area contributed by atoms with Gasteiger partial charge in [-0.25, -0.2) is 4.79 Å². The second kappa shape index (κ2) is 10.5. The Balaban J connectivity index is 1.54. The van der Waals surface area contributed by atoms with Crippen LogP contribution in [-0.2, 0) is 16.6 Å². The molecular formula is C33H42ClNO4. The van der Waals surface area contributed by atoms with Crippen LogP contribution in [0, 0.1) is 11.3 Å². The number of hydrogen-bond donors (Lipinski definition) is 1. The summed E-state index contributed by atoms with van der Waals surface area (Å²) in [5, 5.41) is 11.8. The lowest BCUT2D eigenvalue weighted by Crippen LogP contribution is -2.53. The summed E-state index contributed by atoms with van der Waals surface area (Å²) in [6.45, 7) is 13.8. The molecule has 0 bridgehead atoms. The van der Waals surface area contributed by atoms with Gasteiger partial charge in [-0.1, -0.05) is 30.7 Å². The molecule has 3 aliphatic rings. The third-order valence-corrected chi connectivity index (χ3v) is 9.46. The minimum atomic E-state index is -0.577. The Kier molecular flexibility index (Phi) is 7.54. The third kappa shape index (κ3) is 5.45. The smallest absolute Gasteiger partial charge is 0.338 e. The Bertz CT molecular complexity index is 1250. The Hall–Kier alpha value is -2.50. The van der Waals surface area contributed by atoms with Gasteiger partial charge in [0.15, 0.2) is 0 Å². The minimum Gasteiger partial charge on any atom is -0.490 e.